The number of hydrogen-bond acceptors (Lipinski definition) is 3. The van der Waals surface area contributed by atoms with E-state index in [1.54, 1.807) is 11.8 Å². The van der Waals surface area contributed by atoms with Crippen molar-refractivity contribution in [1.29, 1.82) is 0 Å². The van der Waals surface area contributed by atoms with Gasteiger partial charge in [-0.05, 0) is 5.92 Å². The van der Waals surface area contributed by atoms with E-state index in [9.17, 15) is 4.79 Å². The molecule has 2 heterocycles. The smallest absolute Gasteiger partial charge is 0.228 e. The van der Waals surface area contributed by atoms with Gasteiger partial charge in [-0.2, -0.15) is 0 Å². The maximum absolute atomic E-state index is 11.5. The van der Waals surface area contributed by atoms with Crippen LogP contribution in [0.5, 0.6) is 0 Å². The largest absolute Gasteiger partial charge is 0.291 e. The monoisotopic (exact) mass is 262 g/mol. The first-order chi connectivity index (χ1) is 6.31. The minimum absolute atomic E-state index is 0.234. The van der Waals surface area contributed by atoms with Gasteiger partial charge in [0.05, 0.1) is 6.54 Å². The van der Waals surface area contributed by atoms with Crippen LogP contribution in [0.1, 0.15) is 6.42 Å². The van der Waals surface area contributed by atoms with Crippen molar-refractivity contribution in [2.75, 3.05) is 24.2 Å². The fourth-order valence-electron chi connectivity index (χ4n) is 1.56. The molecule has 0 radical (unpaired) electrons. The molecule has 13 heavy (non-hydrogen) atoms. The van der Waals surface area contributed by atoms with Gasteiger partial charge in [0.15, 0.2) is 5.17 Å². The molecule has 0 spiro atoms. The molecule has 0 N–H and O–H groups in total. The van der Waals surface area contributed by atoms with Crippen molar-refractivity contribution in [3.05, 3.63) is 0 Å². The van der Waals surface area contributed by atoms with Crippen molar-refractivity contribution in [3.8, 4) is 0 Å². The first kappa shape index (κ1) is 9.52. The second-order valence-electron chi connectivity index (χ2n) is 3.24. The Hall–Kier alpha value is -0.0300. The van der Waals surface area contributed by atoms with Crippen LogP contribution < -0.4 is 0 Å². The van der Waals surface area contributed by atoms with Crippen LogP contribution in [-0.2, 0) is 4.79 Å². The normalized spacial score (nSPS) is 28.4. The Morgan fingerprint density at radius 3 is 3.08 bits per heavy atom. The third-order valence-corrected chi connectivity index (χ3v) is 4.13. The maximum Gasteiger partial charge on any atom is 0.228 e. The summed E-state index contributed by atoms with van der Waals surface area (Å²) in [4.78, 5) is 17.7. The van der Waals surface area contributed by atoms with Gasteiger partial charge in [-0.1, -0.05) is 27.7 Å². The Labute approximate surface area is 90.1 Å². The van der Waals surface area contributed by atoms with Crippen LogP contribution >= 0.6 is 27.7 Å². The predicted octanol–water partition coefficient (Wildman–Crippen LogP) is 1.33. The van der Waals surface area contributed by atoms with Crippen molar-refractivity contribution < 1.29 is 4.79 Å². The number of hydrogen-bond donors (Lipinski definition) is 0. The third kappa shape index (κ3) is 1.91. The molecule has 0 bridgehead atoms. The van der Waals surface area contributed by atoms with E-state index in [-0.39, 0.29) is 5.91 Å². The molecule has 3 nitrogen and oxygen atoms in total. The van der Waals surface area contributed by atoms with Crippen molar-refractivity contribution >= 4 is 38.8 Å². The number of likely N-dealkylation sites (tertiary alicyclic amines) is 1. The van der Waals surface area contributed by atoms with E-state index in [1.807, 2.05) is 4.90 Å². The zero-order valence-electron chi connectivity index (χ0n) is 7.20. The first-order valence-electron chi connectivity index (χ1n) is 4.35. The van der Waals surface area contributed by atoms with Gasteiger partial charge in [-0.25, -0.2) is 0 Å². The van der Waals surface area contributed by atoms with Gasteiger partial charge in [0.25, 0.3) is 0 Å². The molecule has 2 aliphatic rings. The quantitative estimate of drug-likeness (QED) is 0.669. The second-order valence-corrected chi connectivity index (χ2v) is 4.95. The van der Waals surface area contributed by atoms with E-state index in [0.29, 0.717) is 12.3 Å². The van der Waals surface area contributed by atoms with Gasteiger partial charge in [-0.3, -0.25) is 14.7 Å². The van der Waals surface area contributed by atoms with Crippen LogP contribution in [0.15, 0.2) is 4.99 Å². The van der Waals surface area contributed by atoms with Crippen LogP contribution in [0.25, 0.3) is 0 Å². The highest BCUT2D eigenvalue weighted by Crippen LogP contribution is 2.25. The molecule has 5 heteroatoms. The molecule has 2 aliphatic heterocycles. The summed E-state index contributed by atoms with van der Waals surface area (Å²) in [6.07, 6.45) is 0.671. The Morgan fingerprint density at radius 1 is 1.69 bits per heavy atom. The van der Waals surface area contributed by atoms with Gasteiger partial charge in [0, 0.05) is 24.0 Å². The summed E-state index contributed by atoms with van der Waals surface area (Å²) in [5, 5.41) is 1.85. The Balaban J connectivity index is 2.04. The van der Waals surface area contributed by atoms with Crippen molar-refractivity contribution in [1.82, 2.24) is 4.90 Å². The second kappa shape index (κ2) is 4.00. The highest BCUT2D eigenvalue weighted by atomic mass is 79.9. The van der Waals surface area contributed by atoms with Crippen LogP contribution in [-0.4, -0.2) is 40.1 Å². The minimum Gasteiger partial charge on any atom is -0.291 e. The molecule has 0 aromatic heterocycles. The van der Waals surface area contributed by atoms with E-state index in [2.05, 4.69) is 20.9 Å². The number of amides is 1. The van der Waals surface area contributed by atoms with E-state index in [0.717, 1.165) is 29.3 Å². The number of thioether (sulfide) groups is 1. The SMILES string of the molecule is O=C1CC(CBr)CN1C1=NCCS1. The lowest BCUT2D eigenvalue weighted by Gasteiger charge is -2.14. The Morgan fingerprint density at radius 2 is 2.54 bits per heavy atom. The van der Waals surface area contributed by atoms with Crippen molar-refractivity contribution in [2.24, 2.45) is 10.9 Å². The van der Waals surface area contributed by atoms with E-state index >= 15 is 0 Å². The number of halogens is 1. The fraction of sp³-hybridized carbons (Fsp3) is 0.750. The number of amidine groups is 1. The highest BCUT2D eigenvalue weighted by Gasteiger charge is 2.32. The van der Waals surface area contributed by atoms with Gasteiger partial charge in [0.2, 0.25) is 5.91 Å². The highest BCUT2D eigenvalue weighted by molar-refractivity contribution is 9.09. The fourth-order valence-corrected chi connectivity index (χ4v) is 2.87. The molecule has 1 saturated heterocycles. The lowest BCUT2D eigenvalue weighted by molar-refractivity contribution is -0.124. The molecule has 72 valence electrons. The van der Waals surface area contributed by atoms with Gasteiger partial charge in [0.1, 0.15) is 0 Å². The summed E-state index contributed by atoms with van der Waals surface area (Å²) in [6, 6.07) is 0. The number of carbonyl (C=O) groups is 1. The van der Waals surface area contributed by atoms with Crippen LogP contribution in [0.4, 0.5) is 0 Å². The molecule has 2 rings (SSSR count). The van der Waals surface area contributed by atoms with E-state index in [4.69, 9.17) is 0 Å². The number of alkyl halides is 1. The molecule has 1 fully saturated rings. The average molecular weight is 263 g/mol. The van der Waals surface area contributed by atoms with Gasteiger partial charge in [-0.15, -0.1) is 0 Å². The summed E-state index contributed by atoms with van der Waals surface area (Å²) < 4.78 is 0. The molecule has 0 aromatic rings. The summed E-state index contributed by atoms with van der Waals surface area (Å²) in [5.41, 5.74) is 0. The third-order valence-electron chi connectivity index (χ3n) is 2.22. The standard InChI is InChI=1S/C8H11BrN2OS/c9-4-6-3-7(12)11(5-6)8-10-1-2-13-8/h6H,1-5H2. The molecule has 1 atom stereocenters. The molecule has 1 amide bonds. The average Bonchev–Trinajstić information content (AvgIpc) is 2.72. The topological polar surface area (TPSA) is 32.7 Å². The van der Waals surface area contributed by atoms with Gasteiger partial charge < -0.3 is 0 Å². The van der Waals surface area contributed by atoms with Crippen LogP contribution in [0.2, 0.25) is 0 Å². The molecule has 1 unspecified atom stereocenters. The first-order valence-corrected chi connectivity index (χ1v) is 6.45. The molecule has 0 saturated carbocycles. The van der Waals surface area contributed by atoms with E-state index < -0.39 is 0 Å². The molecule has 0 aliphatic carbocycles. The molecular formula is C8H11BrN2OS. The summed E-state index contributed by atoms with van der Waals surface area (Å²) in [6.45, 7) is 1.71. The number of aliphatic imine (C=N–C) groups is 1. The lowest BCUT2D eigenvalue weighted by Crippen LogP contribution is -2.29. The number of nitrogens with zero attached hydrogens (tertiary/aromatic N) is 2. The van der Waals surface area contributed by atoms with E-state index in [1.165, 1.54) is 0 Å². The number of carbonyl (C=O) groups excluding carboxylic acids is 1. The van der Waals surface area contributed by atoms with Gasteiger partial charge >= 0.3 is 0 Å². The Bertz CT molecular complexity index is 257. The summed E-state index contributed by atoms with van der Waals surface area (Å²) in [7, 11) is 0. The van der Waals surface area contributed by atoms with Crippen LogP contribution in [0.3, 0.4) is 0 Å². The Kier molecular flexibility index (Phi) is 2.93. The zero-order valence-corrected chi connectivity index (χ0v) is 9.60. The zero-order chi connectivity index (χ0) is 9.26. The predicted molar refractivity (Wildman–Crippen MR) is 58.4 cm³/mol. The van der Waals surface area contributed by atoms with Crippen molar-refractivity contribution in [3.63, 3.8) is 0 Å². The minimum atomic E-state index is 0.234. The molecule has 0 aromatic carbocycles. The van der Waals surface area contributed by atoms with Crippen molar-refractivity contribution in [2.45, 2.75) is 6.42 Å². The lowest BCUT2D eigenvalue weighted by atomic mass is 10.2. The summed E-state index contributed by atoms with van der Waals surface area (Å²) in [5.74, 6) is 1.73. The molecular weight excluding hydrogens is 252 g/mol. The maximum atomic E-state index is 11.5. The van der Waals surface area contributed by atoms with Crippen LogP contribution in [0, 0.1) is 5.92 Å². The summed E-state index contributed by atoms with van der Waals surface area (Å²) >= 11 is 5.11. The number of rotatable bonds is 1.